The van der Waals surface area contributed by atoms with Gasteiger partial charge >= 0.3 is 0 Å². The molecule has 28 heavy (non-hydrogen) atoms. The summed E-state index contributed by atoms with van der Waals surface area (Å²) < 4.78 is 5.78. The number of nitro groups is 1. The normalized spacial score (nSPS) is 15.2. The summed E-state index contributed by atoms with van der Waals surface area (Å²) in [5.41, 5.74) is 2.28. The summed E-state index contributed by atoms with van der Waals surface area (Å²) in [7, 11) is 0. The minimum absolute atomic E-state index is 0.0127. The Morgan fingerprint density at radius 1 is 1.07 bits per heavy atom. The molecule has 0 fully saturated rings. The zero-order valence-corrected chi connectivity index (χ0v) is 14.9. The highest BCUT2D eigenvalue weighted by Crippen LogP contribution is 2.28. The fourth-order valence-electron chi connectivity index (χ4n) is 2.93. The van der Waals surface area contributed by atoms with E-state index in [0.29, 0.717) is 34.1 Å². The van der Waals surface area contributed by atoms with Gasteiger partial charge in [0.2, 0.25) is 0 Å². The van der Waals surface area contributed by atoms with Gasteiger partial charge in [-0.2, -0.15) is 10.1 Å². The van der Waals surface area contributed by atoms with Gasteiger partial charge in [-0.25, -0.2) is 0 Å². The number of hydrogen-bond donors (Lipinski definition) is 0. The van der Waals surface area contributed by atoms with Crippen LogP contribution >= 0.6 is 0 Å². The molecule has 4 rings (SSSR count). The number of furan rings is 1. The topological polar surface area (TPSA) is 89.0 Å². The highest BCUT2D eigenvalue weighted by Gasteiger charge is 2.28. The first-order chi connectivity index (χ1) is 13.5. The molecular formula is C21H15N3O4. The van der Waals surface area contributed by atoms with Crippen molar-refractivity contribution in [1.29, 1.82) is 0 Å². The molecule has 7 nitrogen and oxygen atoms in total. The van der Waals surface area contributed by atoms with Gasteiger partial charge in [-0.3, -0.25) is 14.9 Å². The quantitative estimate of drug-likeness (QED) is 0.378. The van der Waals surface area contributed by atoms with Crippen molar-refractivity contribution in [2.75, 3.05) is 5.01 Å². The Morgan fingerprint density at radius 3 is 2.61 bits per heavy atom. The summed E-state index contributed by atoms with van der Waals surface area (Å²) in [5, 5.41) is 16.6. The molecule has 0 saturated carbocycles. The lowest BCUT2D eigenvalue weighted by atomic mass is 10.1. The Kier molecular flexibility index (Phi) is 4.33. The van der Waals surface area contributed by atoms with Crippen LogP contribution in [0.1, 0.15) is 12.7 Å². The molecule has 0 spiro atoms. The lowest BCUT2D eigenvalue weighted by molar-refractivity contribution is -0.384. The fourth-order valence-corrected chi connectivity index (χ4v) is 2.93. The largest absolute Gasteiger partial charge is 0.457 e. The number of benzene rings is 2. The summed E-state index contributed by atoms with van der Waals surface area (Å²) >= 11 is 0. The van der Waals surface area contributed by atoms with Crippen LogP contribution in [-0.4, -0.2) is 16.5 Å². The van der Waals surface area contributed by atoms with Gasteiger partial charge in [0.05, 0.1) is 21.9 Å². The van der Waals surface area contributed by atoms with E-state index in [2.05, 4.69) is 5.10 Å². The SMILES string of the molecule is CC1=NN(c2ccccc2)C(=O)/C1=C/c1ccc(-c2cccc([N+](=O)[O-])c2)o1. The first-order valence-corrected chi connectivity index (χ1v) is 8.54. The van der Waals surface area contributed by atoms with Crippen molar-refractivity contribution in [1.82, 2.24) is 0 Å². The van der Waals surface area contributed by atoms with Crippen LogP contribution in [0.15, 0.2) is 81.8 Å². The lowest BCUT2D eigenvalue weighted by Crippen LogP contribution is -2.21. The Bertz CT molecular complexity index is 1130. The molecule has 0 saturated heterocycles. The first kappa shape index (κ1) is 17.4. The summed E-state index contributed by atoms with van der Waals surface area (Å²) in [6.07, 6.45) is 1.63. The van der Waals surface area contributed by atoms with Crippen LogP contribution in [0, 0.1) is 10.1 Å². The third kappa shape index (κ3) is 3.21. The van der Waals surface area contributed by atoms with E-state index in [1.54, 1.807) is 37.3 Å². The Morgan fingerprint density at radius 2 is 1.86 bits per heavy atom. The van der Waals surface area contributed by atoms with Gasteiger partial charge in [0, 0.05) is 17.7 Å². The number of nitrogens with zero attached hydrogens (tertiary/aromatic N) is 3. The standard InChI is InChI=1S/C21H15N3O4/c1-14-19(21(25)23(22-14)16-7-3-2-4-8-16)13-18-10-11-20(28-18)15-6-5-9-17(12-15)24(26)27/h2-13H,1H3/b19-13+. The van der Waals surface area contributed by atoms with Gasteiger partial charge in [0.1, 0.15) is 11.5 Å². The molecule has 1 aliphatic heterocycles. The smallest absolute Gasteiger partial charge is 0.280 e. The summed E-state index contributed by atoms with van der Waals surface area (Å²) in [4.78, 5) is 23.2. The summed E-state index contributed by atoms with van der Waals surface area (Å²) in [5.74, 6) is 0.710. The molecule has 0 radical (unpaired) electrons. The predicted molar refractivity (Wildman–Crippen MR) is 106 cm³/mol. The first-order valence-electron chi connectivity index (χ1n) is 8.54. The maximum atomic E-state index is 12.7. The maximum Gasteiger partial charge on any atom is 0.280 e. The highest BCUT2D eigenvalue weighted by atomic mass is 16.6. The molecule has 0 aliphatic carbocycles. The van der Waals surface area contributed by atoms with E-state index < -0.39 is 4.92 Å². The monoisotopic (exact) mass is 373 g/mol. The van der Waals surface area contributed by atoms with E-state index in [0.717, 1.165) is 0 Å². The van der Waals surface area contributed by atoms with Crippen LogP contribution in [0.5, 0.6) is 0 Å². The maximum absolute atomic E-state index is 12.7. The van der Waals surface area contributed by atoms with E-state index in [1.165, 1.54) is 17.1 Å². The number of hydrazone groups is 1. The predicted octanol–water partition coefficient (Wildman–Crippen LogP) is 4.66. The van der Waals surface area contributed by atoms with Crippen LogP contribution in [0.25, 0.3) is 17.4 Å². The van der Waals surface area contributed by atoms with Gasteiger partial charge < -0.3 is 4.42 Å². The molecule has 2 heterocycles. The number of nitro benzene ring substituents is 1. The number of hydrogen-bond acceptors (Lipinski definition) is 5. The van der Waals surface area contributed by atoms with E-state index in [4.69, 9.17) is 4.42 Å². The third-order valence-corrected chi connectivity index (χ3v) is 4.32. The van der Waals surface area contributed by atoms with E-state index in [9.17, 15) is 14.9 Å². The highest BCUT2D eigenvalue weighted by molar-refractivity contribution is 6.32. The van der Waals surface area contributed by atoms with Crippen LogP contribution in [0.3, 0.4) is 0 Å². The van der Waals surface area contributed by atoms with Crippen molar-refractivity contribution in [2.45, 2.75) is 6.92 Å². The minimum atomic E-state index is -0.454. The molecule has 0 N–H and O–H groups in total. The van der Waals surface area contributed by atoms with Crippen molar-refractivity contribution < 1.29 is 14.1 Å². The van der Waals surface area contributed by atoms with Crippen molar-refractivity contribution in [3.63, 3.8) is 0 Å². The number of non-ortho nitro benzene ring substituents is 1. The number of amides is 1. The Labute approximate surface area is 160 Å². The average molecular weight is 373 g/mol. The fraction of sp³-hybridized carbons (Fsp3) is 0.0476. The Hall–Kier alpha value is -4.00. The number of anilines is 1. The molecule has 0 bridgehead atoms. The zero-order chi connectivity index (χ0) is 19.7. The second-order valence-corrected chi connectivity index (χ2v) is 6.21. The number of rotatable bonds is 4. The zero-order valence-electron chi connectivity index (χ0n) is 14.9. The molecule has 138 valence electrons. The third-order valence-electron chi connectivity index (χ3n) is 4.32. The van der Waals surface area contributed by atoms with Crippen LogP contribution < -0.4 is 5.01 Å². The molecule has 1 aromatic heterocycles. The molecule has 2 aromatic carbocycles. The van der Waals surface area contributed by atoms with E-state index >= 15 is 0 Å². The average Bonchev–Trinajstić information content (AvgIpc) is 3.29. The molecule has 0 unspecified atom stereocenters. The molecule has 1 amide bonds. The molecule has 3 aromatic rings. The van der Waals surface area contributed by atoms with Crippen LogP contribution in [-0.2, 0) is 4.79 Å². The van der Waals surface area contributed by atoms with Crippen molar-refractivity contribution in [3.8, 4) is 11.3 Å². The van der Waals surface area contributed by atoms with Gasteiger partial charge in [-0.15, -0.1) is 0 Å². The van der Waals surface area contributed by atoms with Crippen molar-refractivity contribution >= 4 is 29.1 Å². The van der Waals surface area contributed by atoms with Gasteiger partial charge in [0.15, 0.2) is 0 Å². The second-order valence-electron chi connectivity index (χ2n) is 6.21. The van der Waals surface area contributed by atoms with Gasteiger partial charge in [-0.05, 0) is 37.3 Å². The summed E-state index contributed by atoms with van der Waals surface area (Å²) in [6.45, 7) is 1.76. The lowest BCUT2D eigenvalue weighted by Gasteiger charge is -2.10. The van der Waals surface area contributed by atoms with E-state index in [-0.39, 0.29) is 11.6 Å². The number of carbonyl (C=O) groups excluding carboxylic acids is 1. The van der Waals surface area contributed by atoms with E-state index in [1.807, 2.05) is 30.3 Å². The van der Waals surface area contributed by atoms with Crippen LogP contribution in [0.4, 0.5) is 11.4 Å². The summed E-state index contributed by atoms with van der Waals surface area (Å²) in [6, 6.07) is 18.8. The van der Waals surface area contributed by atoms with Crippen molar-refractivity contribution in [2.24, 2.45) is 5.10 Å². The Balaban J connectivity index is 1.62. The van der Waals surface area contributed by atoms with Crippen molar-refractivity contribution in [3.05, 3.63) is 88.2 Å². The molecule has 0 atom stereocenters. The molecular weight excluding hydrogens is 358 g/mol. The molecule has 1 aliphatic rings. The number of carbonyl (C=O) groups is 1. The second kappa shape index (κ2) is 6.96. The molecule has 7 heteroatoms. The number of para-hydroxylation sites is 1. The van der Waals surface area contributed by atoms with Gasteiger partial charge in [0.25, 0.3) is 11.6 Å². The van der Waals surface area contributed by atoms with Crippen LogP contribution in [0.2, 0.25) is 0 Å². The van der Waals surface area contributed by atoms with Gasteiger partial charge in [-0.1, -0.05) is 30.3 Å². The minimum Gasteiger partial charge on any atom is -0.457 e.